The summed E-state index contributed by atoms with van der Waals surface area (Å²) in [7, 11) is -1.74. The number of hydrogen-bond acceptors (Lipinski definition) is 7. The molecule has 0 aliphatic rings. The number of aryl methyl sites for hydroxylation is 1. The number of sulfonamides is 1. The van der Waals surface area contributed by atoms with Crippen LogP contribution in [0.3, 0.4) is 0 Å². The Hall–Kier alpha value is -1.03. The van der Waals surface area contributed by atoms with Crippen molar-refractivity contribution >= 4 is 37.8 Å². The molecular weight excluding hydrogens is 292 g/mol. The lowest BCUT2D eigenvalue weighted by Gasteiger charge is -2.00. The summed E-state index contributed by atoms with van der Waals surface area (Å²) < 4.78 is 26.8. The Kier molecular flexibility index (Phi) is 3.95. The van der Waals surface area contributed by atoms with Crippen LogP contribution in [0.5, 0.6) is 0 Å². The molecule has 0 saturated carbocycles. The van der Waals surface area contributed by atoms with Crippen molar-refractivity contribution in [1.82, 2.24) is 15.5 Å². The van der Waals surface area contributed by atoms with Crippen LogP contribution in [0, 0.1) is 6.92 Å². The lowest BCUT2D eigenvalue weighted by Crippen LogP contribution is -2.11. The molecule has 2 N–H and O–H groups in total. The standard InChI is InChI=1S/C9H12N4O2S3/c1-6-11-12-9(17-6)13-18(14,15)8-3-7(4-10-2)5-16-8/h3,5,10H,4H2,1-2H3,(H,12,13). The maximum Gasteiger partial charge on any atom is 0.273 e. The third-order valence-electron chi connectivity index (χ3n) is 2.02. The Morgan fingerprint density at radius 2 is 2.17 bits per heavy atom. The number of hydrogen-bond donors (Lipinski definition) is 2. The Balaban J connectivity index is 2.19. The van der Waals surface area contributed by atoms with E-state index in [1.807, 2.05) is 12.4 Å². The zero-order valence-corrected chi connectivity index (χ0v) is 12.2. The Bertz CT molecular complexity index is 632. The van der Waals surface area contributed by atoms with E-state index in [4.69, 9.17) is 0 Å². The molecule has 18 heavy (non-hydrogen) atoms. The maximum atomic E-state index is 12.0. The second-order valence-electron chi connectivity index (χ2n) is 3.54. The fourth-order valence-corrected chi connectivity index (χ4v) is 4.33. The Morgan fingerprint density at radius 3 is 2.78 bits per heavy atom. The summed E-state index contributed by atoms with van der Waals surface area (Å²) in [5, 5.41) is 13.3. The molecular formula is C9H12N4O2S3. The highest BCUT2D eigenvalue weighted by molar-refractivity contribution is 7.94. The predicted octanol–water partition coefficient (Wildman–Crippen LogP) is 1.43. The monoisotopic (exact) mass is 304 g/mol. The summed E-state index contributed by atoms with van der Waals surface area (Å²) in [6, 6.07) is 1.65. The van der Waals surface area contributed by atoms with Crippen molar-refractivity contribution in [2.45, 2.75) is 17.7 Å². The molecule has 2 rings (SSSR count). The van der Waals surface area contributed by atoms with Gasteiger partial charge in [0, 0.05) is 6.54 Å². The van der Waals surface area contributed by atoms with Crippen LogP contribution >= 0.6 is 22.7 Å². The minimum absolute atomic E-state index is 0.278. The molecule has 0 radical (unpaired) electrons. The van der Waals surface area contributed by atoms with Gasteiger partial charge in [0.25, 0.3) is 10.0 Å². The van der Waals surface area contributed by atoms with Crippen LogP contribution in [0.15, 0.2) is 15.7 Å². The summed E-state index contributed by atoms with van der Waals surface area (Å²) in [5.74, 6) is 0. The molecule has 2 aromatic heterocycles. The molecule has 0 aliphatic carbocycles. The van der Waals surface area contributed by atoms with Gasteiger partial charge in [-0.15, -0.1) is 21.5 Å². The Labute approximate surface area is 113 Å². The van der Waals surface area contributed by atoms with E-state index < -0.39 is 10.0 Å². The molecule has 98 valence electrons. The van der Waals surface area contributed by atoms with E-state index in [9.17, 15) is 8.42 Å². The maximum absolute atomic E-state index is 12.0. The molecule has 0 bridgehead atoms. The first kappa shape index (κ1) is 13.4. The van der Waals surface area contributed by atoms with Gasteiger partial charge >= 0.3 is 0 Å². The zero-order chi connectivity index (χ0) is 13.2. The second kappa shape index (κ2) is 5.31. The lowest BCUT2D eigenvalue weighted by molar-refractivity contribution is 0.603. The average Bonchev–Trinajstić information content (AvgIpc) is 2.88. The molecule has 0 aliphatic heterocycles. The van der Waals surface area contributed by atoms with Gasteiger partial charge < -0.3 is 5.32 Å². The highest BCUT2D eigenvalue weighted by Gasteiger charge is 2.18. The van der Waals surface area contributed by atoms with Gasteiger partial charge in [0.15, 0.2) is 0 Å². The lowest BCUT2D eigenvalue weighted by atomic mass is 10.3. The summed E-state index contributed by atoms with van der Waals surface area (Å²) in [6.45, 7) is 2.41. The molecule has 0 saturated heterocycles. The van der Waals surface area contributed by atoms with Crippen LogP contribution in [0.4, 0.5) is 5.13 Å². The number of thiophene rings is 1. The van der Waals surface area contributed by atoms with Crippen molar-refractivity contribution in [3.8, 4) is 0 Å². The van der Waals surface area contributed by atoms with E-state index in [2.05, 4.69) is 20.2 Å². The SMILES string of the molecule is CNCc1csc(S(=O)(=O)Nc2nnc(C)s2)c1. The molecule has 9 heteroatoms. The van der Waals surface area contributed by atoms with Gasteiger partial charge in [-0.2, -0.15) is 0 Å². The van der Waals surface area contributed by atoms with Gasteiger partial charge in [0.1, 0.15) is 9.22 Å². The van der Waals surface area contributed by atoms with Gasteiger partial charge in [-0.1, -0.05) is 11.3 Å². The van der Waals surface area contributed by atoms with E-state index in [1.165, 1.54) is 22.7 Å². The van der Waals surface area contributed by atoms with Crippen LogP contribution in [-0.2, 0) is 16.6 Å². The summed E-state index contributed by atoms with van der Waals surface area (Å²) >= 11 is 2.39. The molecule has 0 atom stereocenters. The van der Waals surface area contributed by atoms with Crippen LogP contribution in [0.25, 0.3) is 0 Å². The minimum atomic E-state index is -3.55. The van der Waals surface area contributed by atoms with Crippen molar-refractivity contribution in [2.75, 3.05) is 11.8 Å². The summed E-state index contributed by atoms with van der Waals surface area (Å²) in [6.07, 6.45) is 0. The smallest absolute Gasteiger partial charge is 0.273 e. The summed E-state index contributed by atoms with van der Waals surface area (Å²) in [4.78, 5) is 0. The van der Waals surface area contributed by atoms with Gasteiger partial charge in [-0.25, -0.2) is 8.42 Å². The normalized spacial score (nSPS) is 11.7. The highest BCUT2D eigenvalue weighted by atomic mass is 32.2. The van der Waals surface area contributed by atoms with Crippen LogP contribution < -0.4 is 10.0 Å². The van der Waals surface area contributed by atoms with Crippen LogP contribution in [-0.4, -0.2) is 25.7 Å². The largest absolute Gasteiger partial charge is 0.316 e. The number of anilines is 1. The van der Waals surface area contributed by atoms with E-state index in [-0.39, 0.29) is 9.34 Å². The number of aromatic nitrogens is 2. The molecule has 0 aromatic carbocycles. The molecule has 2 aromatic rings. The fraction of sp³-hybridized carbons (Fsp3) is 0.333. The quantitative estimate of drug-likeness (QED) is 0.873. The minimum Gasteiger partial charge on any atom is -0.316 e. The van der Waals surface area contributed by atoms with Gasteiger partial charge in [-0.05, 0) is 31.0 Å². The van der Waals surface area contributed by atoms with Crippen molar-refractivity contribution < 1.29 is 8.42 Å². The molecule has 0 amide bonds. The van der Waals surface area contributed by atoms with E-state index in [0.29, 0.717) is 6.54 Å². The van der Waals surface area contributed by atoms with Gasteiger partial charge in [-0.3, -0.25) is 4.72 Å². The first-order valence-electron chi connectivity index (χ1n) is 5.06. The highest BCUT2D eigenvalue weighted by Crippen LogP contribution is 2.24. The second-order valence-corrected chi connectivity index (χ2v) is 7.54. The average molecular weight is 304 g/mol. The zero-order valence-electron chi connectivity index (χ0n) is 9.80. The first-order valence-corrected chi connectivity index (χ1v) is 8.24. The molecule has 0 spiro atoms. The van der Waals surface area contributed by atoms with E-state index in [0.717, 1.165) is 10.6 Å². The third kappa shape index (κ3) is 3.05. The Morgan fingerprint density at radius 1 is 1.39 bits per heavy atom. The van der Waals surface area contributed by atoms with Crippen molar-refractivity contribution in [3.05, 3.63) is 22.0 Å². The van der Waals surface area contributed by atoms with Crippen molar-refractivity contribution in [2.24, 2.45) is 0 Å². The fourth-order valence-electron chi connectivity index (χ4n) is 1.29. The first-order chi connectivity index (χ1) is 8.51. The van der Waals surface area contributed by atoms with Crippen molar-refractivity contribution in [3.63, 3.8) is 0 Å². The number of nitrogens with zero attached hydrogens (tertiary/aromatic N) is 2. The predicted molar refractivity (Wildman–Crippen MR) is 72.5 cm³/mol. The number of rotatable bonds is 5. The van der Waals surface area contributed by atoms with E-state index >= 15 is 0 Å². The van der Waals surface area contributed by atoms with Crippen LogP contribution in [0.1, 0.15) is 10.6 Å². The van der Waals surface area contributed by atoms with Crippen LogP contribution in [0.2, 0.25) is 0 Å². The van der Waals surface area contributed by atoms with Gasteiger partial charge in [0.2, 0.25) is 5.13 Å². The topological polar surface area (TPSA) is 84.0 Å². The molecule has 2 heterocycles. The van der Waals surface area contributed by atoms with E-state index in [1.54, 1.807) is 13.0 Å². The van der Waals surface area contributed by atoms with Crippen molar-refractivity contribution in [1.29, 1.82) is 0 Å². The third-order valence-corrected chi connectivity index (χ3v) is 5.73. The number of nitrogens with one attached hydrogen (secondary N) is 2. The van der Waals surface area contributed by atoms with Gasteiger partial charge in [0.05, 0.1) is 0 Å². The molecule has 6 nitrogen and oxygen atoms in total. The summed E-state index contributed by atoms with van der Waals surface area (Å²) in [5.41, 5.74) is 0.941. The molecule has 0 fully saturated rings. The molecule has 0 unspecified atom stereocenters.